The summed E-state index contributed by atoms with van der Waals surface area (Å²) < 4.78 is 201. The summed E-state index contributed by atoms with van der Waals surface area (Å²) in [5.41, 5.74) is 0. The molecule has 0 aromatic heterocycles. The lowest BCUT2D eigenvalue weighted by Gasteiger charge is -2.36. The Labute approximate surface area is 191 Å². The molecular formula is C16H17F15O5. The molecule has 0 aliphatic rings. The lowest BCUT2D eigenvalue weighted by Crippen LogP contribution is -2.64. The van der Waals surface area contributed by atoms with Crippen LogP contribution in [-0.2, 0) is 14.2 Å². The summed E-state index contributed by atoms with van der Waals surface area (Å²) in [4.78, 5) is 0. The van der Waals surface area contributed by atoms with Crippen LogP contribution >= 0.6 is 0 Å². The van der Waals surface area contributed by atoms with Gasteiger partial charge in [0.05, 0.1) is 19.0 Å². The zero-order chi connectivity index (χ0) is 28.9. The Morgan fingerprint density at radius 1 is 0.667 bits per heavy atom. The van der Waals surface area contributed by atoms with Crippen LogP contribution in [0.4, 0.5) is 65.9 Å². The van der Waals surface area contributed by atoms with Crippen LogP contribution in [0.3, 0.4) is 0 Å². The number of aliphatic hydroxyl groups excluding tert-OH is 2. The van der Waals surface area contributed by atoms with Crippen molar-refractivity contribution in [3.63, 3.8) is 0 Å². The summed E-state index contributed by atoms with van der Waals surface area (Å²) >= 11 is 0. The maximum atomic E-state index is 13.4. The highest BCUT2D eigenvalue weighted by atomic mass is 19.4. The Morgan fingerprint density at radius 3 is 1.64 bits per heavy atom. The Hall–Kier alpha value is -1.67. The van der Waals surface area contributed by atoms with Crippen molar-refractivity contribution in [1.29, 1.82) is 0 Å². The zero-order valence-electron chi connectivity index (χ0n) is 17.3. The van der Waals surface area contributed by atoms with E-state index in [2.05, 4.69) is 9.47 Å². The summed E-state index contributed by atoms with van der Waals surface area (Å²) in [5.74, 6) is -15.7. The summed E-state index contributed by atoms with van der Waals surface area (Å²) in [5, 5.41) is 17.8. The van der Waals surface area contributed by atoms with Gasteiger partial charge in [-0.1, -0.05) is 12.5 Å². The Bertz CT molecular complexity index is 709. The number of ether oxygens (including phenoxy) is 3. The molecule has 0 saturated carbocycles. The van der Waals surface area contributed by atoms with Gasteiger partial charge in [0, 0.05) is 0 Å². The van der Waals surface area contributed by atoms with Gasteiger partial charge in [0.25, 0.3) is 0 Å². The van der Waals surface area contributed by atoms with Crippen LogP contribution in [0.25, 0.3) is 0 Å². The molecule has 20 heteroatoms. The van der Waals surface area contributed by atoms with Gasteiger partial charge in [0.15, 0.2) is 0 Å². The number of hydrogen-bond donors (Lipinski definition) is 2. The molecule has 0 bridgehead atoms. The summed E-state index contributed by atoms with van der Waals surface area (Å²) in [6.45, 7) is -3.41. The lowest BCUT2D eigenvalue weighted by atomic mass is 10.1. The predicted molar refractivity (Wildman–Crippen MR) is 85.0 cm³/mol. The molecule has 0 aromatic rings. The third-order valence-electron chi connectivity index (χ3n) is 3.83. The molecule has 0 aromatic carbocycles. The van der Waals surface area contributed by atoms with Crippen LogP contribution < -0.4 is 0 Å². The molecule has 0 spiro atoms. The van der Waals surface area contributed by atoms with E-state index in [0.717, 1.165) is 6.26 Å². The quantitative estimate of drug-likeness (QED) is 0.130. The average molecular weight is 574 g/mol. The fraction of sp³-hybridized carbons (Fsp3) is 0.875. The molecule has 0 amide bonds. The SMILES string of the molecule is OC=CCCCC[C@@H](O)COCC(F)(F)OC(F)(F)C(F)(F)OC(F)(F)C(F)(F)C(F)(F)C(F)(F)F. The maximum Gasteiger partial charge on any atom is 0.460 e. The molecule has 1 atom stereocenters. The van der Waals surface area contributed by atoms with Crippen molar-refractivity contribution in [2.24, 2.45) is 0 Å². The third-order valence-corrected chi connectivity index (χ3v) is 3.83. The minimum Gasteiger partial charge on any atom is -0.516 e. The lowest BCUT2D eigenvalue weighted by molar-refractivity contribution is -0.543. The molecule has 5 nitrogen and oxygen atoms in total. The second-order valence-corrected chi connectivity index (χ2v) is 6.88. The number of alkyl halides is 15. The topological polar surface area (TPSA) is 68.2 Å². The fourth-order valence-electron chi connectivity index (χ4n) is 2.04. The normalized spacial score (nSPS) is 16.1. The van der Waals surface area contributed by atoms with Gasteiger partial charge in [-0.3, -0.25) is 0 Å². The molecule has 0 fully saturated rings. The van der Waals surface area contributed by atoms with Crippen molar-refractivity contribution in [3.8, 4) is 0 Å². The van der Waals surface area contributed by atoms with Crippen molar-refractivity contribution < 1.29 is 90.3 Å². The average Bonchev–Trinajstić information content (AvgIpc) is 2.64. The molecule has 0 saturated heterocycles. The van der Waals surface area contributed by atoms with Crippen LogP contribution in [0.15, 0.2) is 12.3 Å². The molecule has 2 N–H and O–H groups in total. The summed E-state index contributed by atoms with van der Waals surface area (Å²) in [6.07, 6.45) is -33.7. The smallest absolute Gasteiger partial charge is 0.460 e. The van der Waals surface area contributed by atoms with E-state index in [9.17, 15) is 71.0 Å². The van der Waals surface area contributed by atoms with E-state index in [1.807, 2.05) is 0 Å². The minimum atomic E-state index is -7.92. The first-order valence-corrected chi connectivity index (χ1v) is 9.16. The molecular weight excluding hydrogens is 557 g/mol. The first-order chi connectivity index (χ1) is 15.9. The first-order valence-electron chi connectivity index (χ1n) is 9.16. The molecule has 216 valence electrons. The van der Waals surface area contributed by atoms with Crippen LogP contribution in [-0.4, -0.2) is 72.0 Å². The van der Waals surface area contributed by atoms with E-state index in [0.29, 0.717) is 12.8 Å². The number of rotatable bonds is 16. The van der Waals surface area contributed by atoms with Gasteiger partial charge < -0.3 is 14.9 Å². The van der Waals surface area contributed by atoms with Crippen LogP contribution in [0.5, 0.6) is 0 Å². The summed E-state index contributed by atoms with van der Waals surface area (Å²) in [6, 6.07) is 0. The van der Waals surface area contributed by atoms with Crippen molar-refractivity contribution >= 4 is 0 Å². The largest absolute Gasteiger partial charge is 0.516 e. The Balaban J connectivity index is 5.23. The van der Waals surface area contributed by atoms with Gasteiger partial charge in [-0.25, -0.2) is 9.47 Å². The number of hydrogen-bond acceptors (Lipinski definition) is 5. The van der Waals surface area contributed by atoms with Crippen LogP contribution in [0, 0.1) is 0 Å². The Morgan fingerprint density at radius 2 is 1.17 bits per heavy atom. The molecule has 36 heavy (non-hydrogen) atoms. The van der Waals surface area contributed by atoms with Gasteiger partial charge in [0.1, 0.15) is 6.61 Å². The van der Waals surface area contributed by atoms with Crippen molar-refractivity contribution in [1.82, 2.24) is 0 Å². The van der Waals surface area contributed by atoms with E-state index in [4.69, 9.17) is 5.11 Å². The minimum absolute atomic E-state index is 0.125. The third kappa shape index (κ3) is 8.72. The van der Waals surface area contributed by atoms with Gasteiger partial charge in [-0.05, 0) is 19.3 Å². The standard InChI is InChI=1S/C16H17F15O5/c17-10(18,8-34-7-9(33)5-3-1-2-4-6-32)35-15(28,29)16(30,31)36-14(26,27)12(21,22)11(19,20)13(23,24)25/h4,6,9,32-33H,1-3,5,7-8H2/t9-/m1/s1. The highest BCUT2D eigenvalue weighted by Crippen LogP contribution is 2.55. The van der Waals surface area contributed by atoms with Crippen molar-refractivity contribution in [2.45, 2.75) is 74.2 Å². The molecule has 0 aliphatic heterocycles. The van der Waals surface area contributed by atoms with E-state index in [-0.39, 0.29) is 12.8 Å². The second-order valence-electron chi connectivity index (χ2n) is 6.88. The molecule has 0 heterocycles. The van der Waals surface area contributed by atoms with Gasteiger partial charge >= 0.3 is 42.5 Å². The van der Waals surface area contributed by atoms with E-state index < -0.39 is 61.8 Å². The van der Waals surface area contributed by atoms with Crippen molar-refractivity contribution in [3.05, 3.63) is 12.3 Å². The molecule has 0 rings (SSSR count). The maximum absolute atomic E-state index is 13.4. The monoisotopic (exact) mass is 574 g/mol. The number of aliphatic hydroxyl groups is 2. The molecule has 0 aliphatic carbocycles. The molecule has 0 radical (unpaired) electrons. The predicted octanol–water partition coefficient (Wildman–Crippen LogP) is 6.23. The summed E-state index contributed by atoms with van der Waals surface area (Å²) in [7, 11) is 0. The van der Waals surface area contributed by atoms with Crippen LogP contribution in [0.2, 0.25) is 0 Å². The number of unbranched alkanes of at least 4 members (excludes halogenated alkanes) is 2. The van der Waals surface area contributed by atoms with E-state index in [1.165, 1.54) is 10.8 Å². The van der Waals surface area contributed by atoms with E-state index >= 15 is 0 Å². The van der Waals surface area contributed by atoms with E-state index in [1.54, 1.807) is 0 Å². The van der Waals surface area contributed by atoms with Gasteiger partial charge in [-0.2, -0.15) is 65.9 Å². The van der Waals surface area contributed by atoms with Gasteiger partial charge in [0.2, 0.25) is 0 Å². The first kappa shape index (κ1) is 34.3. The Kier molecular flexibility index (Phi) is 11.3. The number of halogens is 15. The highest BCUT2D eigenvalue weighted by molar-refractivity contribution is 4.97. The highest BCUT2D eigenvalue weighted by Gasteiger charge is 2.85. The molecule has 0 unspecified atom stereocenters. The van der Waals surface area contributed by atoms with Crippen molar-refractivity contribution in [2.75, 3.05) is 13.2 Å². The van der Waals surface area contributed by atoms with Gasteiger partial charge in [-0.15, -0.1) is 0 Å². The fourth-order valence-corrected chi connectivity index (χ4v) is 2.04. The van der Waals surface area contributed by atoms with Crippen LogP contribution in [0.1, 0.15) is 25.7 Å². The second kappa shape index (κ2) is 11.8. The zero-order valence-corrected chi connectivity index (χ0v) is 17.3. The number of allylic oxidation sites excluding steroid dienone is 1.